The van der Waals surface area contributed by atoms with E-state index in [2.05, 4.69) is 0 Å². The van der Waals surface area contributed by atoms with Crippen LogP contribution in [0, 0.1) is 0 Å². The van der Waals surface area contributed by atoms with Gasteiger partial charge in [-0.1, -0.05) is 23.7 Å². The van der Waals surface area contributed by atoms with Gasteiger partial charge in [0.2, 0.25) is 10.0 Å². The molecule has 0 aromatic heterocycles. The molecular formula is C11H15ClN2O2S. The quantitative estimate of drug-likeness (QED) is 0.888. The van der Waals surface area contributed by atoms with E-state index >= 15 is 0 Å². The maximum Gasteiger partial charge on any atom is 0.244 e. The summed E-state index contributed by atoms with van der Waals surface area (Å²) >= 11 is 5.93. The Morgan fingerprint density at radius 2 is 2.06 bits per heavy atom. The van der Waals surface area contributed by atoms with Crippen molar-refractivity contribution in [3.8, 4) is 0 Å². The second kappa shape index (κ2) is 4.57. The Hall–Kier alpha value is -0.620. The zero-order chi connectivity index (χ0) is 12.6. The maximum atomic E-state index is 12.4. The van der Waals surface area contributed by atoms with Gasteiger partial charge in [0.15, 0.2) is 0 Å². The van der Waals surface area contributed by atoms with Gasteiger partial charge in [0, 0.05) is 18.6 Å². The van der Waals surface area contributed by atoms with Crippen LogP contribution in [0.3, 0.4) is 0 Å². The van der Waals surface area contributed by atoms with Gasteiger partial charge < -0.3 is 5.73 Å². The zero-order valence-electron chi connectivity index (χ0n) is 9.51. The van der Waals surface area contributed by atoms with Crippen LogP contribution in [0.4, 0.5) is 0 Å². The van der Waals surface area contributed by atoms with Crippen molar-refractivity contribution in [1.82, 2.24) is 4.31 Å². The molecule has 6 heteroatoms. The molecule has 1 fully saturated rings. The van der Waals surface area contributed by atoms with Crippen LogP contribution >= 0.6 is 11.6 Å². The third kappa shape index (κ3) is 2.20. The van der Waals surface area contributed by atoms with Crippen molar-refractivity contribution >= 4 is 21.6 Å². The minimum Gasteiger partial charge on any atom is -0.326 e. The molecule has 2 unspecified atom stereocenters. The first kappa shape index (κ1) is 12.8. The van der Waals surface area contributed by atoms with Gasteiger partial charge >= 0.3 is 0 Å². The Balaban J connectivity index is 2.41. The van der Waals surface area contributed by atoms with Crippen LogP contribution in [0.1, 0.15) is 13.3 Å². The average Bonchev–Trinajstić information content (AvgIpc) is 2.60. The number of hydrogen-bond donors (Lipinski definition) is 1. The Morgan fingerprint density at radius 1 is 1.41 bits per heavy atom. The predicted molar refractivity (Wildman–Crippen MR) is 67.4 cm³/mol. The first-order valence-electron chi connectivity index (χ1n) is 5.46. The van der Waals surface area contributed by atoms with Gasteiger partial charge in [-0.25, -0.2) is 8.42 Å². The summed E-state index contributed by atoms with van der Waals surface area (Å²) in [5.41, 5.74) is 5.84. The van der Waals surface area contributed by atoms with Gasteiger partial charge in [0.25, 0.3) is 0 Å². The summed E-state index contributed by atoms with van der Waals surface area (Å²) < 4.78 is 26.2. The topological polar surface area (TPSA) is 63.4 Å². The van der Waals surface area contributed by atoms with Crippen molar-refractivity contribution < 1.29 is 8.42 Å². The molecule has 2 rings (SSSR count). The molecule has 0 saturated carbocycles. The summed E-state index contributed by atoms with van der Waals surface area (Å²) in [6, 6.07) is 6.19. The summed E-state index contributed by atoms with van der Waals surface area (Å²) in [5.74, 6) is 0. The fourth-order valence-electron chi connectivity index (χ4n) is 2.05. The lowest BCUT2D eigenvalue weighted by atomic mass is 10.2. The second-order valence-corrected chi connectivity index (χ2v) is 6.51. The highest BCUT2D eigenvalue weighted by atomic mass is 35.5. The first-order chi connectivity index (χ1) is 7.94. The molecule has 1 aliphatic rings. The standard InChI is InChI=1S/C11H15ClN2O2S/c1-8-10(13)6-7-14(8)17(15,16)11-5-3-2-4-9(11)12/h2-5,8,10H,6-7,13H2,1H3. The smallest absolute Gasteiger partial charge is 0.244 e. The second-order valence-electron chi connectivity index (χ2n) is 4.24. The fourth-order valence-corrected chi connectivity index (χ4v) is 4.24. The molecule has 1 aromatic rings. The molecule has 17 heavy (non-hydrogen) atoms. The molecule has 2 atom stereocenters. The Morgan fingerprint density at radius 3 is 2.59 bits per heavy atom. The summed E-state index contributed by atoms with van der Waals surface area (Å²) in [5, 5.41) is 0.250. The monoisotopic (exact) mass is 274 g/mol. The van der Waals surface area contributed by atoms with E-state index in [1.54, 1.807) is 18.2 Å². The predicted octanol–water partition coefficient (Wildman–Crippen LogP) is 1.45. The van der Waals surface area contributed by atoms with Gasteiger partial charge in [-0.05, 0) is 25.5 Å². The lowest BCUT2D eigenvalue weighted by molar-refractivity contribution is 0.393. The van der Waals surface area contributed by atoms with E-state index in [-0.39, 0.29) is 22.0 Å². The number of rotatable bonds is 2. The van der Waals surface area contributed by atoms with E-state index in [0.717, 1.165) is 0 Å². The Labute approximate surface area is 106 Å². The molecule has 1 aromatic carbocycles. The molecule has 0 aliphatic carbocycles. The van der Waals surface area contributed by atoms with E-state index < -0.39 is 10.0 Å². The largest absolute Gasteiger partial charge is 0.326 e. The summed E-state index contributed by atoms with van der Waals surface area (Å²) in [6.45, 7) is 2.28. The third-order valence-corrected chi connectivity index (χ3v) is 5.67. The molecule has 0 radical (unpaired) electrons. The molecule has 2 N–H and O–H groups in total. The zero-order valence-corrected chi connectivity index (χ0v) is 11.1. The number of sulfonamides is 1. The van der Waals surface area contributed by atoms with Gasteiger partial charge in [-0.3, -0.25) is 0 Å². The molecular weight excluding hydrogens is 260 g/mol. The molecule has 0 amide bonds. The van der Waals surface area contributed by atoms with Crippen LogP contribution < -0.4 is 5.73 Å². The Bertz CT molecular complexity index is 518. The number of nitrogens with two attached hydrogens (primary N) is 1. The van der Waals surface area contributed by atoms with Crippen LogP contribution in [0.5, 0.6) is 0 Å². The lowest BCUT2D eigenvalue weighted by Crippen LogP contribution is -2.40. The third-order valence-electron chi connectivity index (χ3n) is 3.18. The van der Waals surface area contributed by atoms with E-state index in [1.165, 1.54) is 10.4 Å². The summed E-state index contributed by atoms with van der Waals surface area (Å²) in [4.78, 5) is 0.155. The minimum absolute atomic E-state index is 0.104. The number of hydrogen-bond acceptors (Lipinski definition) is 3. The van der Waals surface area contributed by atoms with Crippen molar-refractivity contribution in [3.63, 3.8) is 0 Å². The Kier molecular flexibility index (Phi) is 3.45. The first-order valence-corrected chi connectivity index (χ1v) is 7.28. The fraction of sp³-hybridized carbons (Fsp3) is 0.455. The van der Waals surface area contributed by atoms with Gasteiger partial charge in [-0.15, -0.1) is 0 Å². The van der Waals surface area contributed by atoms with Crippen LogP contribution in [-0.2, 0) is 10.0 Å². The molecule has 94 valence electrons. The summed E-state index contributed by atoms with van der Waals surface area (Å²) in [7, 11) is -3.53. The van der Waals surface area contributed by atoms with E-state index in [9.17, 15) is 8.42 Å². The van der Waals surface area contributed by atoms with E-state index in [4.69, 9.17) is 17.3 Å². The van der Waals surface area contributed by atoms with Crippen molar-refractivity contribution in [2.75, 3.05) is 6.54 Å². The van der Waals surface area contributed by atoms with Crippen LogP contribution in [0.2, 0.25) is 5.02 Å². The molecule has 0 spiro atoms. The number of halogens is 1. The van der Waals surface area contributed by atoms with Crippen LogP contribution in [0.15, 0.2) is 29.2 Å². The van der Waals surface area contributed by atoms with Crippen LogP contribution in [-0.4, -0.2) is 31.4 Å². The number of benzene rings is 1. The SMILES string of the molecule is CC1C(N)CCN1S(=O)(=O)c1ccccc1Cl. The molecule has 1 aliphatic heterocycles. The number of nitrogens with zero attached hydrogens (tertiary/aromatic N) is 1. The van der Waals surface area contributed by atoms with E-state index in [1.807, 2.05) is 6.92 Å². The highest BCUT2D eigenvalue weighted by Gasteiger charge is 2.37. The maximum absolute atomic E-state index is 12.4. The van der Waals surface area contributed by atoms with Crippen molar-refractivity contribution in [1.29, 1.82) is 0 Å². The van der Waals surface area contributed by atoms with E-state index in [0.29, 0.717) is 13.0 Å². The molecule has 1 saturated heterocycles. The van der Waals surface area contributed by atoms with Gasteiger partial charge in [0.05, 0.1) is 5.02 Å². The van der Waals surface area contributed by atoms with Gasteiger partial charge in [-0.2, -0.15) is 4.31 Å². The average molecular weight is 275 g/mol. The van der Waals surface area contributed by atoms with Crippen molar-refractivity contribution in [2.24, 2.45) is 5.73 Å². The highest BCUT2D eigenvalue weighted by molar-refractivity contribution is 7.89. The van der Waals surface area contributed by atoms with Crippen molar-refractivity contribution in [3.05, 3.63) is 29.3 Å². The minimum atomic E-state index is -3.53. The lowest BCUT2D eigenvalue weighted by Gasteiger charge is -2.23. The van der Waals surface area contributed by atoms with Crippen LogP contribution in [0.25, 0.3) is 0 Å². The normalized spacial score (nSPS) is 26.3. The summed E-state index contributed by atoms with van der Waals surface area (Å²) in [6.07, 6.45) is 0.685. The molecule has 0 bridgehead atoms. The van der Waals surface area contributed by atoms with Crippen molar-refractivity contribution in [2.45, 2.75) is 30.3 Å². The highest BCUT2D eigenvalue weighted by Crippen LogP contribution is 2.29. The van der Waals surface area contributed by atoms with Gasteiger partial charge in [0.1, 0.15) is 4.90 Å². The molecule has 4 nitrogen and oxygen atoms in total. The molecule has 1 heterocycles.